The number of rotatable bonds is 2. The van der Waals surface area contributed by atoms with Crippen LogP contribution in [-0.2, 0) is 19.1 Å². The van der Waals surface area contributed by atoms with Crippen molar-refractivity contribution in [3.05, 3.63) is 12.2 Å². The predicted molar refractivity (Wildman–Crippen MR) is 74.4 cm³/mol. The van der Waals surface area contributed by atoms with E-state index in [0.717, 1.165) is 12.8 Å². The number of hydrogen-bond acceptors (Lipinski definition) is 4. The molecule has 1 fully saturated rings. The maximum absolute atomic E-state index is 12.5. The molecule has 21 heavy (non-hydrogen) atoms. The quantitative estimate of drug-likeness (QED) is 0.614. The molecule has 0 aliphatic carbocycles. The summed E-state index contributed by atoms with van der Waals surface area (Å²) in [6.45, 7) is 0.828. The lowest BCUT2D eigenvalue weighted by Crippen LogP contribution is -2.42. The molecule has 1 amide bonds. The number of carbonyl (C=O) groups is 3. The molecule has 0 saturated carbocycles. The van der Waals surface area contributed by atoms with Crippen LogP contribution in [0.2, 0.25) is 0 Å². The second-order valence-electron chi connectivity index (χ2n) is 5.55. The lowest BCUT2D eigenvalue weighted by atomic mass is 9.98. The van der Waals surface area contributed by atoms with Crippen molar-refractivity contribution >= 4 is 17.8 Å². The van der Waals surface area contributed by atoms with Gasteiger partial charge in [0.25, 0.3) is 0 Å². The Balaban J connectivity index is 2.14. The lowest BCUT2D eigenvalue weighted by Gasteiger charge is -2.28. The fourth-order valence-electron chi connectivity index (χ4n) is 2.86. The van der Waals surface area contributed by atoms with Crippen molar-refractivity contribution in [3.63, 3.8) is 0 Å². The first-order chi connectivity index (χ1) is 10.1. The summed E-state index contributed by atoms with van der Waals surface area (Å²) in [6, 6.07) is -0.110. The number of hydrogen-bond donors (Lipinski definition) is 1. The monoisotopic (exact) mass is 295 g/mol. The summed E-state index contributed by atoms with van der Waals surface area (Å²) in [4.78, 5) is 36.7. The Kier molecular flexibility index (Phi) is 5.36. The first-order valence-corrected chi connectivity index (χ1v) is 7.41. The summed E-state index contributed by atoms with van der Waals surface area (Å²) >= 11 is 0. The molecule has 0 aromatic carbocycles. The van der Waals surface area contributed by atoms with E-state index >= 15 is 0 Å². The minimum absolute atomic E-state index is 0.110. The van der Waals surface area contributed by atoms with Crippen molar-refractivity contribution in [2.45, 2.75) is 44.6 Å². The number of ether oxygens (including phenoxy) is 1. The van der Waals surface area contributed by atoms with Gasteiger partial charge in [0, 0.05) is 13.0 Å². The number of allylic oxidation sites excluding steroid dienone is 2. The van der Waals surface area contributed by atoms with E-state index in [2.05, 4.69) is 0 Å². The summed E-state index contributed by atoms with van der Waals surface area (Å²) < 4.78 is 5.21. The van der Waals surface area contributed by atoms with Crippen LogP contribution in [0.3, 0.4) is 0 Å². The molecule has 2 rings (SSSR count). The zero-order valence-electron chi connectivity index (χ0n) is 12.0. The van der Waals surface area contributed by atoms with Crippen LogP contribution < -0.4 is 0 Å². The molecule has 0 aromatic rings. The number of aliphatic carboxylic acids is 1. The van der Waals surface area contributed by atoms with E-state index in [4.69, 9.17) is 9.84 Å². The number of esters is 1. The minimum Gasteiger partial charge on any atom is -0.481 e. The SMILES string of the molecule is O=C(O)C[C@@H]1C/C=C\CCC(=O)OC[C@@H]2CCCN2C1=O. The zero-order valence-corrected chi connectivity index (χ0v) is 12.0. The second-order valence-corrected chi connectivity index (χ2v) is 5.55. The normalized spacial score (nSPS) is 29.0. The van der Waals surface area contributed by atoms with Crippen LogP contribution in [0.15, 0.2) is 12.2 Å². The van der Waals surface area contributed by atoms with Gasteiger partial charge >= 0.3 is 11.9 Å². The Hall–Kier alpha value is -1.85. The number of carboxylic acid groups (broad SMARTS) is 1. The number of carboxylic acids is 1. The largest absolute Gasteiger partial charge is 0.481 e. The van der Waals surface area contributed by atoms with E-state index in [-0.39, 0.29) is 30.9 Å². The number of amides is 1. The smallest absolute Gasteiger partial charge is 0.306 e. The third-order valence-electron chi connectivity index (χ3n) is 3.97. The molecule has 0 radical (unpaired) electrons. The molecule has 2 aliphatic rings. The van der Waals surface area contributed by atoms with Crippen molar-refractivity contribution in [1.82, 2.24) is 4.90 Å². The maximum Gasteiger partial charge on any atom is 0.306 e. The number of cyclic esters (lactones) is 1. The van der Waals surface area contributed by atoms with E-state index in [1.54, 1.807) is 11.0 Å². The third kappa shape index (κ3) is 4.31. The van der Waals surface area contributed by atoms with Gasteiger partial charge in [0.15, 0.2) is 0 Å². The lowest BCUT2D eigenvalue weighted by molar-refractivity contribution is -0.149. The average molecular weight is 295 g/mol. The molecule has 116 valence electrons. The van der Waals surface area contributed by atoms with E-state index in [1.807, 2.05) is 6.08 Å². The topological polar surface area (TPSA) is 83.9 Å². The predicted octanol–water partition coefficient (Wildman–Crippen LogP) is 1.35. The molecular formula is C15H21NO5. The average Bonchev–Trinajstić information content (AvgIpc) is 2.89. The van der Waals surface area contributed by atoms with Crippen molar-refractivity contribution in [2.24, 2.45) is 5.92 Å². The van der Waals surface area contributed by atoms with E-state index in [0.29, 0.717) is 25.8 Å². The van der Waals surface area contributed by atoms with Gasteiger partial charge < -0.3 is 14.7 Å². The first kappa shape index (κ1) is 15.5. The molecule has 2 aliphatic heterocycles. The Bertz CT molecular complexity index is 445. The molecule has 0 spiro atoms. The molecular weight excluding hydrogens is 274 g/mol. The van der Waals surface area contributed by atoms with E-state index in [1.165, 1.54) is 0 Å². The Morgan fingerprint density at radius 1 is 1.38 bits per heavy atom. The highest BCUT2D eigenvalue weighted by Gasteiger charge is 2.34. The highest BCUT2D eigenvalue weighted by atomic mass is 16.5. The van der Waals surface area contributed by atoms with Crippen molar-refractivity contribution in [1.29, 1.82) is 0 Å². The fourth-order valence-corrected chi connectivity index (χ4v) is 2.86. The van der Waals surface area contributed by atoms with Gasteiger partial charge in [0.2, 0.25) is 5.91 Å². The van der Waals surface area contributed by atoms with Crippen molar-refractivity contribution in [2.75, 3.05) is 13.2 Å². The molecule has 2 atom stereocenters. The van der Waals surface area contributed by atoms with Crippen molar-refractivity contribution in [3.8, 4) is 0 Å². The van der Waals surface area contributed by atoms with Crippen LogP contribution in [0.4, 0.5) is 0 Å². The standard InChI is InChI=1S/C15H21NO5/c17-13(18)9-11-5-2-1-3-7-14(19)21-10-12-6-4-8-16(12)15(11)20/h1-2,11-12H,3-10H2,(H,17,18)/b2-1-/t11-,12-/m0/s1. The zero-order chi connectivity index (χ0) is 15.2. The van der Waals surface area contributed by atoms with Gasteiger partial charge in [-0.15, -0.1) is 0 Å². The summed E-state index contributed by atoms with van der Waals surface area (Å²) in [5.41, 5.74) is 0. The van der Waals surface area contributed by atoms with Gasteiger partial charge in [0.05, 0.1) is 18.4 Å². The third-order valence-corrected chi connectivity index (χ3v) is 3.97. The van der Waals surface area contributed by atoms with Crippen LogP contribution in [0, 0.1) is 5.92 Å². The van der Waals surface area contributed by atoms with Gasteiger partial charge in [0.1, 0.15) is 6.61 Å². The molecule has 1 N–H and O–H groups in total. The Labute approximate surface area is 123 Å². The molecule has 0 bridgehead atoms. The van der Waals surface area contributed by atoms with E-state index < -0.39 is 11.9 Å². The summed E-state index contributed by atoms with van der Waals surface area (Å²) in [7, 11) is 0. The highest BCUT2D eigenvalue weighted by molar-refractivity contribution is 5.84. The molecule has 6 heteroatoms. The second kappa shape index (κ2) is 7.24. The van der Waals surface area contributed by atoms with Crippen LogP contribution in [0.1, 0.15) is 38.5 Å². The fraction of sp³-hybridized carbons (Fsp3) is 0.667. The molecule has 0 unspecified atom stereocenters. The van der Waals surface area contributed by atoms with Crippen molar-refractivity contribution < 1.29 is 24.2 Å². The first-order valence-electron chi connectivity index (χ1n) is 7.41. The summed E-state index contributed by atoms with van der Waals surface area (Å²) in [6.07, 6.45) is 6.40. The van der Waals surface area contributed by atoms with Gasteiger partial charge in [-0.1, -0.05) is 12.2 Å². The highest BCUT2D eigenvalue weighted by Crippen LogP contribution is 2.24. The van der Waals surface area contributed by atoms with Gasteiger partial charge in [-0.2, -0.15) is 0 Å². The Morgan fingerprint density at radius 2 is 2.19 bits per heavy atom. The summed E-state index contributed by atoms with van der Waals surface area (Å²) in [5, 5.41) is 8.98. The number of carbonyl (C=O) groups excluding carboxylic acids is 2. The van der Waals surface area contributed by atoms with Crippen LogP contribution >= 0.6 is 0 Å². The van der Waals surface area contributed by atoms with Crippen LogP contribution in [0.5, 0.6) is 0 Å². The molecule has 1 saturated heterocycles. The maximum atomic E-state index is 12.5. The number of nitrogens with zero attached hydrogens (tertiary/aromatic N) is 1. The number of fused-ring (bicyclic) bond motifs is 1. The molecule has 6 nitrogen and oxygen atoms in total. The van der Waals surface area contributed by atoms with Crippen LogP contribution in [-0.4, -0.2) is 47.0 Å². The molecule has 2 heterocycles. The van der Waals surface area contributed by atoms with Gasteiger partial charge in [-0.3, -0.25) is 14.4 Å². The summed E-state index contributed by atoms with van der Waals surface area (Å²) in [5.74, 6) is -1.88. The minimum atomic E-state index is -0.962. The van der Waals surface area contributed by atoms with E-state index in [9.17, 15) is 14.4 Å². The van der Waals surface area contributed by atoms with Crippen LogP contribution in [0.25, 0.3) is 0 Å². The van der Waals surface area contributed by atoms with Gasteiger partial charge in [-0.05, 0) is 25.7 Å². The van der Waals surface area contributed by atoms with Gasteiger partial charge in [-0.25, -0.2) is 0 Å². The molecule has 0 aromatic heterocycles. The Morgan fingerprint density at radius 3 is 2.95 bits per heavy atom.